The molecule has 0 saturated carbocycles. The van der Waals surface area contributed by atoms with Gasteiger partial charge in [-0.15, -0.1) is 0 Å². The third-order valence-electron chi connectivity index (χ3n) is 2.01. The SMILES string of the molecule is CC(O)CNCCc1ccc(Cl)c(Cl)c1. The van der Waals surface area contributed by atoms with Crippen LogP contribution in [0.15, 0.2) is 18.2 Å². The standard InChI is InChI=1S/C11H15Cl2NO/c1-8(15)7-14-5-4-9-2-3-10(12)11(13)6-9/h2-3,6,8,14-15H,4-5,7H2,1H3. The van der Waals surface area contributed by atoms with Crippen molar-refractivity contribution in [1.29, 1.82) is 0 Å². The molecule has 1 aromatic rings. The maximum Gasteiger partial charge on any atom is 0.0636 e. The minimum Gasteiger partial charge on any atom is -0.392 e. The highest BCUT2D eigenvalue weighted by molar-refractivity contribution is 6.42. The Balaban J connectivity index is 2.35. The van der Waals surface area contributed by atoms with E-state index < -0.39 is 0 Å². The van der Waals surface area contributed by atoms with E-state index in [1.54, 1.807) is 13.0 Å². The summed E-state index contributed by atoms with van der Waals surface area (Å²) in [5.74, 6) is 0. The molecule has 1 aromatic carbocycles. The van der Waals surface area contributed by atoms with Crippen molar-refractivity contribution in [2.24, 2.45) is 0 Å². The van der Waals surface area contributed by atoms with Crippen molar-refractivity contribution >= 4 is 23.2 Å². The Bertz CT molecular complexity index is 315. The molecule has 0 aliphatic heterocycles. The average Bonchev–Trinajstić information content (AvgIpc) is 2.18. The molecular weight excluding hydrogens is 233 g/mol. The molecule has 4 heteroatoms. The lowest BCUT2D eigenvalue weighted by Gasteiger charge is -2.07. The van der Waals surface area contributed by atoms with Gasteiger partial charge >= 0.3 is 0 Å². The van der Waals surface area contributed by atoms with Gasteiger partial charge in [0.25, 0.3) is 0 Å². The second-order valence-corrected chi connectivity index (χ2v) is 4.37. The normalized spacial score (nSPS) is 12.8. The van der Waals surface area contributed by atoms with E-state index in [0.29, 0.717) is 16.6 Å². The topological polar surface area (TPSA) is 32.3 Å². The zero-order chi connectivity index (χ0) is 11.3. The summed E-state index contributed by atoms with van der Waals surface area (Å²) in [4.78, 5) is 0. The van der Waals surface area contributed by atoms with Gasteiger partial charge in [-0.1, -0.05) is 29.3 Å². The Morgan fingerprint density at radius 2 is 2.07 bits per heavy atom. The molecule has 15 heavy (non-hydrogen) atoms. The van der Waals surface area contributed by atoms with E-state index in [9.17, 15) is 0 Å². The van der Waals surface area contributed by atoms with Crippen LogP contribution in [0.4, 0.5) is 0 Å². The van der Waals surface area contributed by atoms with Gasteiger partial charge in [0.15, 0.2) is 0 Å². The van der Waals surface area contributed by atoms with Crippen LogP contribution in [-0.4, -0.2) is 24.3 Å². The highest BCUT2D eigenvalue weighted by atomic mass is 35.5. The van der Waals surface area contributed by atoms with Crippen LogP contribution in [0.2, 0.25) is 10.0 Å². The Morgan fingerprint density at radius 1 is 1.33 bits per heavy atom. The van der Waals surface area contributed by atoms with Crippen LogP contribution in [0.1, 0.15) is 12.5 Å². The van der Waals surface area contributed by atoms with Crippen LogP contribution in [0.3, 0.4) is 0 Å². The molecule has 0 heterocycles. The van der Waals surface area contributed by atoms with Crippen molar-refractivity contribution in [3.63, 3.8) is 0 Å². The third-order valence-corrected chi connectivity index (χ3v) is 2.75. The van der Waals surface area contributed by atoms with Gasteiger partial charge in [-0.25, -0.2) is 0 Å². The summed E-state index contributed by atoms with van der Waals surface area (Å²) < 4.78 is 0. The van der Waals surface area contributed by atoms with E-state index in [0.717, 1.165) is 18.5 Å². The highest BCUT2D eigenvalue weighted by Crippen LogP contribution is 2.22. The van der Waals surface area contributed by atoms with Crippen molar-refractivity contribution in [1.82, 2.24) is 5.32 Å². The van der Waals surface area contributed by atoms with E-state index in [2.05, 4.69) is 5.32 Å². The molecule has 0 bridgehead atoms. The van der Waals surface area contributed by atoms with Crippen LogP contribution >= 0.6 is 23.2 Å². The number of nitrogens with one attached hydrogen (secondary N) is 1. The van der Waals surface area contributed by atoms with Crippen molar-refractivity contribution in [3.05, 3.63) is 33.8 Å². The van der Waals surface area contributed by atoms with Gasteiger partial charge in [0.05, 0.1) is 16.1 Å². The minimum atomic E-state index is -0.307. The number of rotatable bonds is 5. The summed E-state index contributed by atoms with van der Waals surface area (Å²) in [5, 5.41) is 13.3. The summed E-state index contributed by atoms with van der Waals surface area (Å²) in [6, 6.07) is 5.63. The van der Waals surface area contributed by atoms with Crippen LogP contribution in [0.25, 0.3) is 0 Å². The van der Waals surface area contributed by atoms with Crippen molar-refractivity contribution in [2.45, 2.75) is 19.4 Å². The number of hydrogen-bond donors (Lipinski definition) is 2. The summed E-state index contributed by atoms with van der Waals surface area (Å²) in [6.45, 7) is 3.19. The van der Waals surface area contributed by atoms with Gasteiger partial charge < -0.3 is 10.4 Å². The van der Waals surface area contributed by atoms with Crippen molar-refractivity contribution in [2.75, 3.05) is 13.1 Å². The summed E-state index contributed by atoms with van der Waals surface area (Å²) in [6.07, 6.45) is 0.572. The van der Waals surface area contributed by atoms with Crippen molar-refractivity contribution < 1.29 is 5.11 Å². The van der Waals surface area contributed by atoms with E-state index in [1.165, 1.54) is 0 Å². The number of hydrogen-bond acceptors (Lipinski definition) is 2. The molecule has 0 aromatic heterocycles. The summed E-state index contributed by atoms with van der Waals surface area (Å²) in [5.41, 5.74) is 1.14. The van der Waals surface area contributed by atoms with Crippen LogP contribution in [0, 0.1) is 0 Å². The van der Waals surface area contributed by atoms with Gasteiger partial charge in [0.1, 0.15) is 0 Å². The number of halogens is 2. The minimum absolute atomic E-state index is 0.307. The number of benzene rings is 1. The first-order valence-corrected chi connectivity index (χ1v) is 5.68. The van der Waals surface area contributed by atoms with E-state index >= 15 is 0 Å². The summed E-state index contributed by atoms with van der Waals surface area (Å²) >= 11 is 11.7. The lowest BCUT2D eigenvalue weighted by molar-refractivity contribution is 0.191. The fourth-order valence-corrected chi connectivity index (χ4v) is 1.56. The molecular formula is C11H15Cl2NO. The van der Waals surface area contributed by atoms with Gasteiger partial charge in [0.2, 0.25) is 0 Å². The van der Waals surface area contributed by atoms with Gasteiger partial charge in [0, 0.05) is 6.54 Å². The smallest absolute Gasteiger partial charge is 0.0636 e. The molecule has 2 nitrogen and oxygen atoms in total. The molecule has 0 aliphatic rings. The molecule has 1 rings (SSSR count). The maximum atomic E-state index is 9.03. The molecule has 1 atom stereocenters. The average molecular weight is 248 g/mol. The second kappa shape index (κ2) is 6.33. The lowest BCUT2D eigenvalue weighted by Crippen LogP contribution is -2.26. The Hall–Kier alpha value is -0.280. The molecule has 1 unspecified atom stereocenters. The summed E-state index contributed by atoms with van der Waals surface area (Å²) in [7, 11) is 0. The molecule has 0 aliphatic carbocycles. The fourth-order valence-electron chi connectivity index (χ4n) is 1.24. The molecule has 0 fully saturated rings. The largest absolute Gasteiger partial charge is 0.392 e. The van der Waals surface area contributed by atoms with Crippen LogP contribution in [0.5, 0.6) is 0 Å². The molecule has 0 radical (unpaired) electrons. The first kappa shape index (κ1) is 12.8. The first-order chi connectivity index (χ1) is 7.09. The quantitative estimate of drug-likeness (QED) is 0.785. The van der Waals surface area contributed by atoms with E-state index in [-0.39, 0.29) is 6.10 Å². The molecule has 2 N–H and O–H groups in total. The first-order valence-electron chi connectivity index (χ1n) is 4.92. The second-order valence-electron chi connectivity index (χ2n) is 3.55. The zero-order valence-corrected chi connectivity index (χ0v) is 10.1. The number of aliphatic hydroxyl groups excluding tert-OH is 1. The lowest BCUT2D eigenvalue weighted by atomic mass is 10.1. The molecule has 0 saturated heterocycles. The van der Waals surface area contributed by atoms with Gasteiger partial charge in [-0.05, 0) is 37.6 Å². The molecule has 84 valence electrons. The predicted molar refractivity (Wildman–Crippen MR) is 64.7 cm³/mol. The van der Waals surface area contributed by atoms with Gasteiger partial charge in [-0.3, -0.25) is 0 Å². The Kier molecular flexibility index (Phi) is 5.40. The maximum absolute atomic E-state index is 9.03. The highest BCUT2D eigenvalue weighted by Gasteiger charge is 1.99. The predicted octanol–water partition coefficient (Wildman–Crippen LogP) is 2.51. The third kappa shape index (κ3) is 4.85. The molecule has 0 amide bonds. The molecule has 0 spiro atoms. The van der Waals surface area contributed by atoms with Gasteiger partial charge in [-0.2, -0.15) is 0 Å². The fraction of sp³-hybridized carbons (Fsp3) is 0.455. The number of aliphatic hydroxyl groups is 1. The zero-order valence-electron chi connectivity index (χ0n) is 8.63. The van der Waals surface area contributed by atoms with Crippen LogP contribution in [-0.2, 0) is 6.42 Å². The Labute approximate surface area is 100 Å². The monoisotopic (exact) mass is 247 g/mol. The van der Waals surface area contributed by atoms with E-state index in [1.807, 2.05) is 12.1 Å². The van der Waals surface area contributed by atoms with E-state index in [4.69, 9.17) is 28.3 Å². The van der Waals surface area contributed by atoms with Crippen LogP contribution < -0.4 is 5.32 Å². The Morgan fingerprint density at radius 3 is 2.67 bits per heavy atom. The van der Waals surface area contributed by atoms with Crippen molar-refractivity contribution in [3.8, 4) is 0 Å².